The lowest BCUT2D eigenvalue weighted by molar-refractivity contribution is -0.384. The summed E-state index contributed by atoms with van der Waals surface area (Å²) in [5, 5.41) is 21.7. The molecule has 0 saturated carbocycles. The molecule has 0 radical (unpaired) electrons. The minimum Gasteiger partial charge on any atom is -0.351 e. The second-order valence-corrected chi connectivity index (χ2v) is 4.07. The first kappa shape index (κ1) is 12.0. The molecule has 0 aliphatic carbocycles. The van der Waals surface area contributed by atoms with E-state index in [1.54, 1.807) is 16.9 Å². The molecule has 0 fully saturated rings. The zero-order valence-corrected chi connectivity index (χ0v) is 10.3. The third-order valence-electron chi connectivity index (χ3n) is 2.78. The maximum absolute atomic E-state index is 10.7. The maximum Gasteiger partial charge on any atom is 0.271 e. The molecular formula is C12H10N6O2. The van der Waals surface area contributed by atoms with Gasteiger partial charge in [0.15, 0.2) is 0 Å². The van der Waals surface area contributed by atoms with Gasteiger partial charge in [-0.2, -0.15) is 0 Å². The van der Waals surface area contributed by atoms with E-state index in [1.807, 2.05) is 18.2 Å². The van der Waals surface area contributed by atoms with Gasteiger partial charge >= 0.3 is 0 Å². The van der Waals surface area contributed by atoms with Crippen LogP contribution in [0.2, 0.25) is 0 Å². The first-order valence-corrected chi connectivity index (χ1v) is 5.86. The second-order valence-electron chi connectivity index (χ2n) is 4.07. The van der Waals surface area contributed by atoms with E-state index in [4.69, 9.17) is 0 Å². The maximum atomic E-state index is 10.7. The van der Waals surface area contributed by atoms with Crippen LogP contribution in [0.4, 0.5) is 11.5 Å². The van der Waals surface area contributed by atoms with Crippen LogP contribution >= 0.6 is 0 Å². The standard InChI is InChI=1S/C12H10N6O2/c19-18(20)9-4-5-11-10(7-9)15-16-17(11)8-14-12-3-1-2-6-13-12/h1-7H,8H2,(H,13,14). The van der Waals surface area contributed by atoms with E-state index >= 15 is 0 Å². The summed E-state index contributed by atoms with van der Waals surface area (Å²) in [5.74, 6) is 0.720. The number of anilines is 1. The smallest absolute Gasteiger partial charge is 0.271 e. The Labute approximate surface area is 113 Å². The lowest BCUT2D eigenvalue weighted by Crippen LogP contribution is -2.10. The van der Waals surface area contributed by atoms with Crippen LogP contribution in [0.3, 0.4) is 0 Å². The van der Waals surface area contributed by atoms with Crippen LogP contribution < -0.4 is 5.32 Å². The third kappa shape index (κ3) is 2.26. The Morgan fingerprint density at radius 3 is 2.95 bits per heavy atom. The van der Waals surface area contributed by atoms with Gasteiger partial charge in [-0.15, -0.1) is 5.10 Å². The van der Waals surface area contributed by atoms with Crippen molar-refractivity contribution in [3.63, 3.8) is 0 Å². The average molecular weight is 270 g/mol. The van der Waals surface area contributed by atoms with Crippen molar-refractivity contribution in [3.8, 4) is 0 Å². The number of rotatable bonds is 4. The number of non-ortho nitro benzene ring substituents is 1. The zero-order valence-electron chi connectivity index (χ0n) is 10.3. The summed E-state index contributed by atoms with van der Waals surface area (Å²) in [4.78, 5) is 14.4. The Bertz CT molecular complexity index is 755. The fraction of sp³-hybridized carbons (Fsp3) is 0.0833. The number of benzene rings is 1. The number of nitrogens with one attached hydrogen (secondary N) is 1. The Kier molecular flexibility index (Phi) is 2.96. The van der Waals surface area contributed by atoms with Gasteiger partial charge in [-0.3, -0.25) is 10.1 Å². The monoisotopic (exact) mass is 270 g/mol. The first-order chi connectivity index (χ1) is 9.74. The lowest BCUT2D eigenvalue weighted by Gasteiger charge is -2.05. The molecule has 2 heterocycles. The van der Waals surface area contributed by atoms with Crippen molar-refractivity contribution in [1.29, 1.82) is 0 Å². The summed E-state index contributed by atoms with van der Waals surface area (Å²) in [6.45, 7) is 0.380. The molecule has 3 aromatic rings. The van der Waals surface area contributed by atoms with E-state index in [-0.39, 0.29) is 5.69 Å². The van der Waals surface area contributed by atoms with Gasteiger partial charge in [-0.1, -0.05) is 11.3 Å². The number of nitrogens with zero attached hydrogens (tertiary/aromatic N) is 5. The number of aromatic nitrogens is 4. The predicted molar refractivity (Wildman–Crippen MR) is 72.0 cm³/mol. The molecule has 3 rings (SSSR count). The van der Waals surface area contributed by atoms with E-state index < -0.39 is 4.92 Å². The number of nitro groups is 1. The summed E-state index contributed by atoms with van der Waals surface area (Å²) in [7, 11) is 0. The fourth-order valence-corrected chi connectivity index (χ4v) is 1.81. The van der Waals surface area contributed by atoms with Crippen LogP contribution in [-0.4, -0.2) is 24.9 Å². The molecule has 0 aliphatic rings. The Morgan fingerprint density at radius 1 is 1.30 bits per heavy atom. The van der Waals surface area contributed by atoms with Crippen molar-refractivity contribution in [2.75, 3.05) is 5.32 Å². The predicted octanol–water partition coefficient (Wildman–Crippen LogP) is 1.80. The highest BCUT2D eigenvalue weighted by atomic mass is 16.6. The van der Waals surface area contributed by atoms with E-state index in [9.17, 15) is 10.1 Å². The third-order valence-corrected chi connectivity index (χ3v) is 2.78. The van der Waals surface area contributed by atoms with Gasteiger partial charge in [0.1, 0.15) is 18.0 Å². The average Bonchev–Trinajstić information content (AvgIpc) is 2.88. The van der Waals surface area contributed by atoms with Gasteiger partial charge in [-0.25, -0.2) is 9.67 Å². The van der Waals surface area contributed by atoms with Crippen molar-refractivity contribution < 1.29 is 4.92 Å². The van der Waals surface area contributed by atoms with E-state index in [0.29, 0.717) is 12.2 Å². The SMILES string of the molecule is O=[N+]([O-])c1ccc2c(c1)nnn2CNc1ccccn1. The van der Waals surface area contributed by atoms with Crippen molar-refractivity contribution >= 4 is 22.5 Å². The molecule has 2 aromatic heterocycles. The molecule has 0 spiro atoms. The Hall–Kier alpha value is -3.03. The summed E-state index contributed by atoms with van der Waals surface area (Å²) in [5.41, 5.74) is 1.21. The number of pyridine rings is 1. The Morgan fingerprint density at radius 2 is 2.20 bits per heavy atom. The van der Waals surface area contributed by atoms with Crippen molar-refractivity contribution in [1.82, 2.24) is 20.0 Å². The summed E-state index contributed by atoms with van der Waals surface area (Å²) < 4.78 is 1.62. The molecule has 0 aliphatic heterocycles. The van der Waals surface area contributed by atoms with Crippen molar-refractivity contribution in [3.05, 3.63) is 52.7 Å². The van der Waals surface area contributed by atoms with Gasteiger partial charge in [-0.05, 0) is 18.2 Å². The number of fused-ring (bicyclic) bond motifs is 1. The minimum atomic E-state index is -0.454. The molecule has 1 aromatic carbocycles. The van der Waals surface area contributed by atoms with Crippen molar-refractivity contribution in [2.24, 2.45) is 0 Å². The van der Waals surface area contributed by atoms with E-state index in [0.717, 1.165) is 11.3 Å². The molecular weight excluding hydrogens is 260 g/mol. The molecule has 0 atom stereocenters. The van der Waals surface area contributed by atoms with E-state index in [2.05, 4.69) is 20.6 Å². The Balaban J connectivity index is 1.84. The van der Waals surface area contributed by atoms with Gasteiger partial charge in [0.2, 0.25) is 0 Å². The highest BCUT2D eigenvalue weighted by Crippen LogP contribution is 2.18. The molecule has 8 nitrogen and oxygen atoms in total. The van der Waals surface area contributed by atoms with Crippen LogP contribution in [0, 0.1) is 10.1 Å². The molecule has 8 heteroatoms. The molecule has 1 N–H and O–H groups in total. The summed E-state index contributed by atoms with van der Waals surface area (Å²) in [6.07, 6.45) is 1.69. The topological polar surface area (TPSA) is 98.8 Å². The van der Waals surface area contributed by atoms with Gasteiger partial charge in [0.05, 0.1) is 10.4 Å². The molecule has 100 valence electrons. The van der Waals surface area contributed by atoms with Gasteiger partial charge in [0, 0.05) is 18.3 Å². The normalized spacial score (nSPS) is 10.6. The molecule has 20 heavy (non-hydrogen) atoms. The second kappa shape index (κ2) is 4.92. The van der Waals surface area contributed by atoms with Crippen LogP contribution in [0.15, 0.2) is 42.6 Å². The van der Waals surface area contributed by atoms with Crippen molar-refractivity contribution in [2.45, 2.75) is 6.67 Å². The number of nitro benzene ring substituents is 1. The first-order valence-electron chi connectivity index (χ1n) is 5.86. The quantitative estimate of drug-likeness (QED) is 0.573. The van der Waals surface area contributed by atoms with E-state index in [1.165, 1.54) is 12.1 Å². The van der Waals surface area contributed by atoms with Crippen LogP contribution in [0.25, 0.3) is 11.0 Å². The largest absolute Gasteiger partial charge is 0.351 e. The minimum absolute atomic E-state index is 0.00207. The summed E-state index contributed by atoms with van der Waals surface area (Å²) >= 11 is 0. The molecule has 0 unspecified atom stereocenters. The van der Waals surface area contributed by atoms with Crippen LogP contribution in [0.1, 0.15) is 0 Å². The molecule has 0 saturated heterocycles. The fourth-order valence-electron chi connectivity index (χ4n) is 1.81. The number of hydrogen-bond acceptors (Lipinski definition) is 6. The number of hydrogen-bond donors (Lipinski definition) is 1. The zero-order chi connectivity index (χ0) is 13.9. The highest BCUT2D eigenvalue weighted by molar-refractivity contribution is 5.77. The van der Waals surface area contributed by atoms with Gasteiger partial charge < -0.3 is 5.32 Å². The molecule has 0 amide bonds. The highest BCUT2D eigenvalue weighted by Gasteiger charge is 2.10. The van der Waals surface area contributed by atoms with Gasteiger partial charge in [0.25, 0.3) is 5.69 Å². The molecule has 0 bridgehead atoms. The van der Waals surface area contributed by atoms with Crippen LogP contribution in [0.5, 0.6) is 0 Å². The lowest BCUT2D eigenvalue weighted by atomic mass is 10.3. The van der Waals surface area contributed by atoms with Crippen LogP contribution in [-0.2, 0) is 6.67 Å². The summed E-state index contributed by atoms with van der Waals surface area (Å²) in [6, 6.07) is 10.0.